The fourth-order valence-electron chi connectivity index (χ4n) is 5.33. The number of hydrazone groups is 1. The fourth-order valence-corrected chi connectivity index (χ4v) is 5.33. The maximum Gasteiger partial charge on any atom is 0.160 e. The van der Waals surface area contributed by atoms with Gasteiger partial charge in [-0.3, -0.25) is 0 Å². The van der Waals surface area contributed by atoms with Crippen LogP contribution < -0.4 is 10.2 Å². The molecule has 2 aliphatic rings. The number of allylic oxidation sites excluding steroid dienone is 3. The first-order chi connectivity index (χ1) is 18.9. The molecule has 0 saturated carbocycles. The number of fused-ring (bicyclic) bond motifs is 2. The van der Waals surface area contributed by atoms with Crippen molar-refractivity contribution in [2.24, 2.45) is 11.0 Å². The number of benzene rings is 1. The largest absolute Gasteiger partial charge is 0.356 e. The zero-order valence-electron chi connectivity index (χ0n) is 23.6. The summed E-state index contributed by atoms with van der Waals surface area (Å²) >= 11 is 0. The van der Waals surface area contributed by atoms with Crippen molar-refractivity contribution in [1.29, 1.82) is 0 Å². The number of hydrogen-bond acceptors (Lipinski definition) is 7. The molecule has 7 heteroatoms. The monoisotopic (exact) mass is 521 g/mol. The molecule has 4 heterocycles. The molecule has 7 nitrogen and oxygen atoms in total. The van der Waals surface area contributed by atoms with Crippen LogP contribution in [-0.2, 0) is 12.8 Å². The summed E-state index contributed by atoms with van der Waals surface area (Å²) in [5, 5.41) is 9.62. The van der Waals surface area contributed by atoms with E-state index < -0.39 is 0 Å². The van der Waals surface area contributed by atoms with Crippen LogP contribution in [0.1, 0.15) is 56.7 Å². The first-order valence-corrected chi connectivity index (χ1v) is 14.1. The van der Waals surface area contributed by atoms with E-state index in [9.17, 15) is 0 Å². The molecule has 202 valence electrons. The molecule has 0 aliphatic carbocycles. The highest BCUT2D eigenvalue weighted by atomic mass is 15.4. The molecule has 0 radical (unpaired) electrons. The van der Waals surface area contributed by atoms with Crippen molar-refractivity contribution in [3.8, 4) is 0 Å². The van der Waals surface area contributed by atoms with Crippen LogP contribution in [0.3, 0.4) is 0 Å². The molecule has 0 spiro atoms. The number of anilines is 3. The van der Waals surface area contributed by atoms with Crippen molar-refractivity contribution in [2.45, 2.75) is 59.8 Å². The lowest BCUT2D eigenvalue weighted by Crippen LogP contribution is -2.29. The van der Waals surface area contributed by atoms with Crippen LogP contribution >= 0.6 is 0 Å². The highest BCUT2D eigenvalue weighted by Crippen LogP contribution is 2.32. The Balaban J connectivity index is 1.39. The van der Waals surface area contributed by atoms with Gasteiger partial charge in [0.1, 0.15) is 17.7 Å². The van der Waals surface area contributed by atoms with Gasteiger partial charge in [0.15, 0.2) is 5.82 Å². The van der Waals surface area contributed by atoms with Gasteiger partial charge >= 0.3 is 0 Å². The van der Waals surface area contributed by atoms with E-state index in [4.69, 9.17) is 4.98 Å². The number of unbranched alkanes of at least 4 members (excludes halogenated alkanes) is 1. The van der Waals surface area contributed by atoms with Gasteiger partial charge in [-0.2, -0.15) is 5.10 Å². The number of nitrogens with one attached hydrogen (secondary N) is 1. The minimum Gasteiger partial charge on any atom is -0.356 e. The molecule has 0 fully saturated rings. The van der Waals surface area contributed by atoms with E-state index >= 15 is 0 Å². The van der Waals surface area contributed by atoms with E-state index in [0.29, 0.717) is 5.92 Å². The van der Waals surface area contributed by atoms with E-state index in [1.165, 1.54) is 41.5 Å². The summed E-state index contributed by atoms with van der Waals surface area (Å²) in [5.41, 5.74) is 8.57. The maximum atomic E-state index is 5.19. The summed E-state index contributed by atoms with van der Waals surface area (Å²) in [5.74, 6) is 2.49. The van der Waals surface area contributed by atoms with Gasteiger partial charge in [-0.15, -0.1) is 0 Å². The number of aryl methyl sites for hydroxylation is 2. The number of pyridine rings is 1. The first-order valence-electron chi connectivity index (χ1n) is 14.1. The lowest BCUT2D eigenvalue weighted by molar-refractivity contribution is 0.512. The third-order valence-corrected chi connectivity index (χ3v) is 7.50. The van der Waals surface area contributed by atoms with Crippen molar-refractivity contribution in [3.05, 3.63) is 83.5 Å². The van der Waals surface area contributed by atoms with Gasteiger partial charge in [0.2, 0.25) is 0 Å². The lowest BCUT2D eigenvalue weighted by atomic mass is 9.98. The summed E-state index contributed by atoms with van der Waals surface area (Å²) in [6.45, 7) is 14.8. The van der Waals surface area contributed by atoms with E-state index in [1.807, 2.05) is 13.1 Å². The number of rotatable bonds is 8. The maximum absolute atomic E-state index is 5.19. The fraction of sp³-hybridized carbons (Fsp3) is 0.375. The van der Waals surface area contributed by atoms with E-state index in [-0.39, 0.29) is 0 Å². The van der Waals surface area contributed by atoms with Crippen LogP contribution in [-0.4, -0.2) is 39.3 Å². The smallest absolute Gasteiger partial charge is 0.160 e. The molecule has 1 unspecified atom stereocenters. The van der Waals surface area contributed by atoms with Crippen LogP contribution in [0.4, 0.5) is 17.3 Å². The molecule has 0 amide bonds. The summed E-state index contributed by atoms with van der Waals surface area (Å²) < 4.78 is 0. The molecule has 0 bridgehead atoms. The van der Waals surface area contributed by atoms with E-state index in [0.717, 1.165) is 60.0 Å². The Hall–Kier alpha value is -4.00. The number of aromatic nitrogens is 3. The molecule has 1 N–H and O–H groups in total. The quantitative estimate of drug-likeness (QED) is 0.319. The predicted molar refractivity (Wildman–Crippen MR) is 162 cm³/mol. The summed E-state index contributed by atoms with van der Waals surface area (Å²) in [6, 6.07) is 8.70. The highest BCUT2D eigenvalue weighted by molar-refractivity contribution is 5.89. The standard InChI is InChI=1S/C32H39N7/c1-6-8-14-38-20-22(3)9-10-27-19-29-30(37-32(27)38)31(34-21-33-29)36-28-12-11-26(23(4)16-28)18-25-13-15-39(35-7-2)24(5)17-25/h7,11-13,15-17,19,21-22H,5-6,8-10,14,18,20H2,1-4H3,(H,33,34,36)/b35-7-. The molecule has 0 saturated heterocycles. The minimum atomic E-state index is 0.644. The second-order valence-corrected chi connectivity index (χ2v) is 10.7. The third kappa shape index (κ3) is 6.03. The third-order valence-electron chi connectivity index (χ3n) is 7.50. The second-order valence-electron chi connectivity index (χ2n) is 10.7. The molecule has 39 heavy (non-hydrogen) atoms. The Morgan fingerprint density at radius 1 is 1.23 bits per heavy atom. The zero-order chi connectivity index (χ0) is 27.4. The molecular formula is C32H39N7. The molecule has 2 aliphatic heterocycles. The van der Waals surface area contributed by atoms with Gasteiger partial charge in [-0.25, -0.2) is 20.0 Å². The molecule has 2 aromatic heterocycles. The van der Waals surface area contributed by atoms with Crippen molar-refractivity contribution in [3.63, 3.8) is 0 Å². The van der Waals surface area contributed by atoms with Crippen LogP contribution in [0.5, 0.6) is 0 Å². The normalized spacial score (nSPS) is 17.5. The Bertz CT molecular complexity index is 1450. The Morgan fingerprint density at radius 2 is 2.10 bits per heavy atom. The molecule has 1 aromatic carbocycles. The summed E-state index contributed by atoms with van der Waals surface area (Å²) in [7, 11) is 0. The van der Waals surface area contributed by atoms with Gasteiger partial charge in [0.05, 0.1) is 11.2 Å². The SMILES string of the molecule is C=C1C=C(Cc2ccc(Nc3ncnc4cc5c(nc34)N(CCCC)CC(C)CC5)cc2C)C=CN1/N=C\C. The van der Waals surface area contributed by atoms with Crippen molar-refractivity contribution in [1.82, 2.24) is 20.0 Å². The average molecular weight is 522 g/mol. The minimum absolute atomic E-state index is 0.644. The molecule has 3 aromatic rings. The van der Waals surface area contributed by atoms with Crippen molar-refractivity contribution in [2.75, 3.05) is 23.3 Å². The van der Waals surface area contributed by atoms with Crippen molar-refractivity contribution >= 4 is 34.6 Å². The lowest BCUT2D eigenvalue weighted by Gasteiger charge is -2.26. The topological polar surface area (TPSA) is 69.5 Å². The summed E-state index contributed by atoms with van der Waals surface area (Å²) in [4.78, 5) is 16.9. The Labute approximate surface area is 232 Å². The van der Waals surface area contributed by atoms with Gasteiger partial charge in [0, 0.05) is 31.2 Å². The van der Waals surface area contributed by atoms with E-state index in [1.54, 1.807) is 17.6 Å². The number of hydrogen-bond donors (Lipinski definition) is 1. The van der Waals surface area contributed by atoms with Crippen molar-refractivity contribution < 1.29 is 0 Å². The van der Waals surface area contributed by atoms with Crippen LogP contribution in [0.15, 0.2) is 71.9 Å². The molecular weight excluding hydrogens is 482 g/mol. The predicted octanol–water partition coefficient (Wildman–Crippen LogP) is 7.08. The molecule has 5 rings (SSSR count). The van der Waals surface area contributed by atoms with Gasteiger partial charge < -0.3 is 10.2 Å². The van der Waals surface area contributed by atoms with Gasteiger partial charge in [0.25, 0.3) is 0 Å². The van der Waals surface area contributed by atoms with E-state index in [2.05, 4.69) is 89.1 Å². The first kappa shape index (κ1) is 26.6. The highest BCUT2D eigenvalue weighted by Gasteiger charge is 2.22. The second kappa shape index (κ2) is 11.8. The number of nitrogens with zero attached hydrogens (tertiary/aromatic N) is 6. The Morgan fingerprint density at radius 3 is 2.87 bits per heavy atom. The van der Waals surface area contributed by atoms with Gasteiger partial charge in [-0.05, 0) is 98.1 Å². The molecule has 1 atom stereocenters. The summed E-state index contributed by atoms with van der Waals surface area (Å²) in [6.07, 6.45) is 14.9. The Kier molecular flexibility index (Phi) is 8.05. The van der Waals surface area contributed by atoms with Crippen LogP contribution in [0, 0.1) is 12.8 Å². The average Bonchev–Trinajstić information content (AvgIpc) is 3.07. The van der Waals surface area contributed by atoms with Crippen LogP contribution in [0.2, 0.25) is 0 Å². The van der Waals surface area contributed by atoms with Gasteiger partial charge in [-0.1, -0.05) is 32.9 Å². The zero-order valence-corrected chi connectivity index (χ0v) is 23.6. The van der Waals surface area contributed by atoms with Crippen LogP contribution in [0.25, 0.3) is 11.0 Å².